The number of aromatic amines is 2. The minimum absolute atomic E-state index is 0.0144. The number of fused-ring (bicyclic) bond motifs is 1. The summed E-state index contributed by atoms with van der Waals surface area (Å²) < 4.78 is 0. The Balaban J connectivity index is 1.22. The number of aliphatic hydroxyl groups is 2. The molecule has 34 nitrogen and oxygen atoms in total. The fraction of sp³-hybridized carbons (Fsp3) is 0.463. The average molecular weight is 1410 g/mol. The van der Waals surface area contributed by atoms with Gasteiger partial charge in [-0.3, -0.25) is 57.5 Å². The number of amides is 11. The summed E-state index contributed by atoms with van der Waals surface area (Å²) in [7, 11) is 0. The number of carboxylic acids is 2. The number of carbonyl (C=O) groups excluding carboxylic acids is 11. The lowest BCUT2D eigenvalue weighted by Gasteiger charge is -2.30. The summed E-state index contributed by atoms with van der Waals surface area (Å²) in [5.41, 5.74) is 13.8. The summed E-state index contributed by atoms with van der Waals surface area (Å²) >= 11 is 0. The number of H-pyrrole nitrogens is 2. The number of nitrogens with zero attached hydrogens (tertiary/aromatic N) is 2. The lowest BCUT2D eigenvalue weighted by atomic mass is 10.0. The Bertz CT molecular complexity index is 3720. The first-order valence-corrected chi connectivity index (χ1v) is 32.8. The van der Waals surface area contributed by atoms with E-state index in [0.717, 1.165) is 4.90 Å². The standard InChI is InChI=1S/C67H89N15O19/c1-34(2)22-43(68)57(90)74-46(24-36-11-15-40(85)16-12-36)59(92)77-49(27-39-30-70-33-72-39)62(95)81-53(32-84)66(99)82-21-7-10-54(82)65(98)80-52(31-83)64(97)75-47(25-37-13-17-41(86)18-14-37)60(93)76-48(26-38-29-71-44-9-6-5-8-42(38)44)61(94)73-45(19-20-56(88)89)58(91)78-50(28-55(69)87)63(96)79-51(67(100)101)23-35(3)4/h5-6,8-9,11-18,29-30,33-35,43,45-54,71,83-86H,7,10,19-28,31-32,68H2,1-4H3,(H2,69,87)(H,70,72)(H,73,94)(H,74,90)(H,75,97)(H,76,93)(H,77,92)(H,78,91)(H,79,96)(H,80,98)(H,81,95)(H,88,89)(H,100,101)/t43-,45-,46-,47-,48-,49-,50-,51-,52-,53-,54-/m0/s1. The Kier molecular flexibility index (Phi) is 29.6. The van der Waals surface area contributed by atoms with Crippen molar-refractivity contribution in [1.29, 1.82) is 0 Å². The van der Waals surface area contributed by atoms with Gasteiger partial charge in [-0.15, -0.1) is 0 Å². The maximum absolute atomic E-state index is 14.9. The fourth-order valence-electron chi connectivity index (χ4n) is 11.3. The zero-order valence-electron chi connectivity index (χ0n) is 56.1. The molecule has 0 unspecified atom stereocenters. The fourth-order valence-corrected chi connectivity index (χ4v) is 11.3. The molecule has 2 aromatic heterocycles. The van der Waals surface area contributed by atoms with Crippen molar-refractivity contribution in [3.05, 3.63) is 114 Å². The highest BCUT2D eigenvalue weighted by molar-refractivity contribution is 6.00. The first kappa shape index (κ1) is 79.0. The Morgan fingerprint density at radius 1 is 0.554 bits per heavy atom. The van der Waals surface area contributed by atoms with E-state index in [4.69, 9.17) is 11.5 Å². The molecule has 34 heteroatoms. The topological polar surface area (TPSA) is 551 Å². The summed E-state index contributed by atoms with van der Waals surface area (Å²) in [6.07, 6.45) is 1.20. The van der Waals surface area contributed by atoms with Crippen LogP contribution in [0.1, 0.15) is 95.0 Å². The number of aliphatic carboxylic acids is 2. The van der Waals surface area contributed by atoms with Crippen molar-refractivity contribution >= 4 is 87.8 Å². The number of hydrogen-bond donors (Lipinski definition) is 19. The van der Waals surface area contributed by atoms with E-state index in [9.17, 15) is 93.0 Å². The predicted octanol–water partition coefficient (Wildman–Crippen LogP) is -2.84. The maximum Gasteiger partial charge on any atom is 0.326 e. The Morgan fingerprint density at radius 3 is 1.54 bits per heavy atom. The molecule has 1 saturated heterocycles. The van der Waals surface area contributed by atoms with E-state index in [0.29, 0.717) is 33.3 Å². The zero-order chi connectivity index (χ0) is 74.2. The molecule has 0 saturated carbocycles. The van der Waals surface area contributed by atoms with Gasteiger partial charge in [0.2, 0.25) is 65.0 Å². The van der Waals surface area contributed by atoms with E-state index in [1.807, 2.05) is 13.8 Å². The SMILES string of the molecule is CC(C)C[C@H](NC(=O)[C@H](CC(N)=O)NC(=O)[C@H](CCC(=O)O)NC(=O)[C@H](Cc1c[nH]c2ccccc12)NC(=O)[C@H](Cc1ccc(O)cc1)NC(=O)[C@H](CO)NC(=O)[C@@H]1CCCN1C(=O)[C@H](CO)NC(=O)[C@H](Cc1cnc[nH]1)NC(=O)[C@H](Cc1ccc(O)cc1)NC(=O)[C@@H](N)CC(C)C)C(=O)O. The number of benzene rings is 3. The second-order valence-electron chi connectivity index (χ2n) is 25.5. The molecule has 3 aromatic carbocycles. The minimum Gasteiger partial charge on any atom is -0.508 e. The van der Waals surface area contributed by atoms with Crippen LogP contribution >= 0.6 is 0 Å². The van der Waals surface area contributed by atoms with Crippen LogP contribution in [0.4, 0.5) is 0 Å². The van der Waals surface area contributed by atoms with E-state index in [-0.39, 0.29) is 74.8 Å². The molecule has 0 radical (unpaired) electrons. The van der Waals surface area contributed by atoms with Crippen molar-refractivity contribution in [2.75, 3.05) is 19.8 Å². The van der Waals surface area contributed by atoms with Crippen LogP contribution in [0.2, 0.25) is 0 Å². The second kappa shape index (κ2) is 37.8. The number of carbonyl (C=O) groups is 13. The van der Waals surface area contributed by atoms with Crippen LogP contribution < -0.4 is 59.3 Å². The molecule has 0 bridgehead atoms. The van der Waals surface area contributed by atoms with Crippen molar-refractivity contribution in [2.24, 2.45) is 23.3 Å². The summed E-state index contributed by atoms with van der Waals surface area (Å²) in [5, 5.41) is 83.7. The van der Waals surface area contributed by atoms with Gasteiger partial charge in [-0.05, 0) is 91.0 Å². The predicted molar refractivity (Wildman–Crippen MR) is 359 cm³/mol. The van der Waals surface area contributed by atoms with Gasteiger partial charge in [-0.2, -0.15) is 0 Å². The summed E-state index contributed by atoms with van der Waals surface area (Å²) in [6, 6.07) is 0.598. The number of imidazole rings is 1. The lowest BCUT2D eigenvalue weighted by molar-refractivity contribution is -0.143. The van der Waals surface area contributed by atoms with E-state index in [1.165, 1.54) is 67.3 Å². The highest BCUT2D eigenvalue weighted by Crippen LogP contribution is 2.23. The molecule has 101 heavy (non-hydrogen) atoms. The molecule has 11 amide bonds. The highest BCUT2D eigenvalue weighted by Gasteiger charge is 2.41. The molecule has 546 valence electrons. The molecule has 0 aliphatic carbocycles. The number of primary amides is 1. The van der Waals surface area contributed by atoms with Crippen LogP contribution in [-0.2, 0) is 88.0 Å². The average Bonchev–Trinajstić information content (AvgIpc) is 1.73. The number of rotatable bonds is 39. The van der Waals surface area contributed by atoms with Crippen molar-refractivity contribution < 1.29 is 93.0 Å². The van der Waals surface area contributed by atoms with Crippen molar-refractivity contribution in [3.8, 4) is 11.5 Å². The number of aliphatic hydroxyl groups excluding tert-OH is 2. The first-order valence-electron chi connectivity index (χ1n) is 32.8. The van der Waals surface area contributed by atoms with Gasteiger partial charge < -0.3 is 105 Å². The van der Waals surface area contributed by atoms with E-state index in [2.05, 4.69) is 62.8 Å². The Morgan fingerprint density at radius 2 is 1.03 bits per heavy atom. The zero-order valence-corrected chi connectivity index (χ0v) is 56.1. The number of phenols is 2. The van der Waals surface area contributed by atoms with Gasteiger partial charge in [0.15, 0.2) is 0 Å². The molecule has 1 aliphatic heterocycles. The van der Waals surface area contributed by atoms with Gasteiger partial charge in [0.05, 0.1) is 32.0 Å². The number of carboxylic acid groups (broad SMARTS) is 2. The number of para-hydroxylation sites is 1. The number of hydrogen-bond acceptors (Lipinski definition) is 19. The molecule has 1 aliphatic rings. The highest BCUT2D eigenvalue weighted by atomic mass is 16.4. The van der Waals surface area contributed by atoms with E-state index < -0.39 is 182 Å². The van der Waals surface area contributed by atoms with Gasteiger partial charge in [0, 0.05) is 67.6 Å². The number of nitrogens with two attached hydrogens (primary N) is 2. The van der Waals surface area contributed by atoms with Gasteiger partial charge in [-0.25, -0.2) is 9.78 Å². The second-order valence-corrected chi connectivity index (χ2v) is 25.5. The van der Waals surface area contributed by atoms with Gasteiger partial charge in [0.1, 0.15) is 71.9 Å². The van der Waals surface area contributed by atoms with E-state index in [1.54, 1.807) is 38.1 Å². The number of aromatic hydroxyl groups is 2. The summed E-state index contributed by atoms with van der Waals surface area (Å²) in [5.74, 6) is -14.7. The molecule has 11 atom stereocenters. The largest absolute Gasteiger partial charge is 0.508 e. The summed E-state index contributed by atoms with van der Waals surface area (Å²) in [6.45, 7) is 4.83. The third-order valence-corrected chi connectivity index (χ3v) is 16.5. The quantitative estimate of drug-likeness (QED) is 0.0188. The van der Waals surface area contributed by atoms with Crippen LogP contribution in [0.15, 0.2) is 91.5 Å². The normalized spacial score (nSPS) is 15.8. The molecular formula is C67H89N15O19. The Hall–Kier alpha value is -11.0. The number of aromatic nitrogens is 3. The van der Waals surface area contributed by atoms with Crippen LogP contribution in [0.3, 0.4) is 0 Å². The van der Waals surface area contributed by atoms with Crippen molar-refractivity contribution in [3.63, 3.8) is 0 Å². The van der Waals surface area contributed by atoms with Crippen molar-refractivity contribution in [2.45, 2.75) is 165 Å². The smallest absolute Gasteiger partial charge is 0.326 e. The van der Waals surface area contributed by atoms with Crippen LogP contribution in [0.5, 0.6) is 11.5 Å². The summed E-state index contributed by atoms with van der Waals surface area (Å²) in [4.78, 5) is 189. The van der Waals surface area contributed by atoms with Crippen LogP contribution in [-0.4, -0.2) is 214 Å². The van der Waals surface area contributed by atoms with Gasteiger partial charge in [-0.1, -0.05) is 70.2 Å². The molecular weight excluding hydrogens is 1320 g/mol. The Labute approximate surface area is 579 Å². The van der Waals surface area contributed by atoms with Crippen LogP contribution in [0.25, 0.3) is 10.9 Å². The molecule has 0 spiro atoms. The maximum atomic E-state index is 14.9. The number of phenolic OH excluding ortho intramolecular Hbond substituents is 2. The number of likely N-dealkylation sites (tertiary alicyclic amines) is 1. The third-order valence-electron chi connectivity index (χ3n) is 16.5. The van der Waals surface area contributed by atoms with Crippen LogP contribution in [0, 0.1) is 11.8 Å². The lowest BCUT2D eigenvalue weighted by Crippen LogP contribution is -2.62. The van der Waals surface area contributed by atoms with E-state index >= 15 is 0 Å². The molecule has 1 fully saturated rings. The minimum atomic E-state index is -1.87. The molecule has 6 rings (SSSR count). The molecule has 3 heterocycles. The van der Waals surface area contributed by atoms with Gasteiger partial charge >= 0.3 is 11.9 Å². The van der Waals surface area contributed by atoms with Crippen molar-refractivity contribution in [1.82, 2.24) is 67.7 Å². The number of nitrogens with one attached hydrogen (secondary N) is 11. The van der Waals surface area contributed by atoms with Gasteiger partial charge in [0.25, 0.3) is 0 Å². The molecule has 5 aromatic rings. The monoisotopic (exact) mass is 1410 g/mol. The third kappa shape index (κ3) is 24.2. The molecule has 21 N–H and O–H groups in total. The first-order chi connectivity index (χ1) is 47.9.